The lowest BCUT2D eigenvalue weighted by Gasteiger charge is -2.22. The van der Waals surface area contributed by atoms with E-state index in [1.807, 2.05) is 0 Å². The van der Waals surface area contributed by atoms with Gasteiger partial charge in [0.2, 0.25) is 10.0 Å². The van der Waals surface area contributed by atoms with Crippen molar-refractivity contribution in [2.45, 2.75) is 13.8 Å². The van der Waals surface area contributed by atoms with E-state index in [0.29, 0.717) is 0 Å². The van der Waals surface area contributed by atoms with E-state index >= 15 is 0 Å². The Hall–Kier alpha value is -0.660. The molecule has 6 nitrogen and oxygen atoms in total. The third-order valence-corrected chi connectivity index (χ3v) is 4.07. The van der Waals surface area contributed by atoms with Crippen molar-refractivity contribution in [3.63, 3.8) is 0 Å². The van der Waals surface area contributed by atoms with Crippen molar-refractivity contribution in [2.75, 3.05) is 32.6 Å². The minimum Gasteiger partial charge on any atom is -0.481 e. The van der Waals surface area contributed by atoms with Gasteiger partial charge in [-0.15, -0.1) is 0 Å². The van der Waals surface area contributed by atoms with Crippen LogP contribution in [0.5, 0.6) is 0 Å². The largest absolute Gasteiger partial charge is 0.481 e. The molecule has 0 amide bonds. The van der Waals surface area contributed by atoms with Crippen LogP contribution in [0.15, 0.2) is 0 Å². The summed E-state index contributed by atoms with van der Waals surface area (Å²) < 4.78 is 29.3. The van der Waals surface area contributed by atoms with Crippen LogP contribution in [-0.2, 0) is 19.6 Å². The second-order valence-corrected chi connectivity index (χ2v) is 5.59. The molecule has 0 aliphatic rings. The van der Waals surface area contributed by atoms with Crippen molar-refractivity contribution in [2.24, 2.45) is 5.92 Å². The van der Waals surface area contributed by atoms with Crippen LogP contribution in [0.2, 0.25) is 0 Å². The molecule has 0 saturated carbocycles. The normalized spacial score (nSPS) is 14.0. The molecule has 0 aliphatic heterocycles. The molecule has 0 rings (SSSR count). The fourth-order valence-electron chi connectivity index (χ4n) is 1.14. The zero-order valence-electron chi connectivity index (χ0n) is 9.84. The van der Waals surface area contributed by atoms with E-state index in [4.69, 9.17) is 9.84 Å². The third-order valence-electron chi connectivity index (χ3n) is 2.19. The highest BCUT2D eigenvalue weighted by Crippen LogP contribution is 2.07. The summed E-state index contributed by atoms with van der Waals surface area (Å²) in [4.78, 5) is 10.6. The van der Waals surface area contributed by atoms with E-state index in [2.05, 4.69) is 0 Å². The standard InChI is InChI=1S/C9H19NO5S/c1-4-10(7-8(2)9(11)12)16(13,14)6-5-15-3/h8H,4-7H2,1-3H3,(H,11,12). The van der Waals surface area contributed by atoms with Crippen LogP contribution in [-0.4, -0.2) is 56.4 Å². The smallest absolute Gasteiger partial charge is 0.307 e. The summed E-state index contributed by atoms with van der Waals surface area (Å²) >= 11 is 0. The van der Waals surface area contributed by atoms with E-state index in [1.165, 1.54) is 18.3 Å². The highest BCUT2D eigenvalue weighted by Gasteiger charge is 2.24. The summed E-state index contributed by atoms with van der Waals surface area (Å²) in [5, 5.41) is 8.72. The van der Waals surface area contributed by atoms with E-state index in [0.717, 1.165) is 0 Å². The quantitative estimate of drug-likeness (QED) is 0.658. The summed E-state index contributed by atoms with van der Waals surface area (Å²) in [5.41, 5.74) is 0. The number of carbonyl (C=O) groups is 1. The van der Waals surface area contributed by atoms with Crippen molar-refractivity contribution >= 4 is 16.0 Å². The van der Waals surface area contributed by atoms with Gasteiger partial charge in [0, 0.05) is 20.2 Å². The first-order chi connectivity index (χ1) is 7.35. The van der Waals surface area contributed by atoms with E-state index in [1.54, 1.807) is 6.92 Å². The Morgan fingerprint density at radius 3 is 2.44 bits per heavy atom. The predicted molar refractivity (Wildman–Crippen MR) is 59.7 cm³/mol. The molecule has 1 unspecified atom stereocenters. The number of sulfonamides is 1. The van der Waals surface area contributed by atoms with E-state index in [9.17, 15) is 13.2 Å². The topological polar surface area (TPSA) is 83.9 Å². The lowest BCUT2D eigenvalue weighted by molar-refractivity contribution is -0.141. The van der Waals surface area contributed by atoms with Gasteiger partial charge in [0.1, 0.15) is 0 Å². The molecule has 0 spiro atoms. The molecule has 1 N–H and O–H groups in total. The minimum absolute atomic E-state index is 0.00210. The molecule has 16 heavy (non-hydrogen) atoms. The van der Waals surface area contributed by atoms with Crippen LogP contribution in [0.1, 0.15) is 13.8 Å². The van der Waals surface area contributed by atoms with Gasteiger partial charge in [0.25, 0.3) is 0 Å². The molecule has 0 aromatic heterocycles. The van der Waals surface area contributed by atoms with Gasteiger partial charge in [0.05, 0.1) is 18.3 Å². The van der Waals surface area contributed by atoms with Gasteiger partial charge < -0.3 is 9.84 Å². The number of hydrogen-bond donors (Lipinski definition) is 1. The van der Waals surface area contributed by atoms with Crippen molar-refractivity contribution in [1.29, 1.82) is 0 Å². The number of carboxylic acids is 1. The second-order valence-electron chi connectivity index (χ2n) is 3.50. The zero-order valence-corrected chi connectivity index (χ0v) is 10.7. The van der Waals surface area contributed by atoms with Gasteiger partial charge in [-0.05, 0) is 0 Å². The molecule has 1 atom stereocenters. The Balaban J connectivity index is 4.54. The number of aliphatic carboxylic acids is 1. The fourth-order valence-corrected chi connectivity index (χ4v) is 2.62. The Bertz CT molecular complexity index is 314. The van der Waals surface area contributed by atoms with Crippen LogP contribution >= 0.6 is 0 Å². The summed E-state index contributed by atoms with van der Waals surface area (Å²) in [6.07, 6.45) is 0. The number of methoxy groups -OCH3 is 1. The number of carboxylic acid groups (broad SMARTS) is 1. The van der Waals surface area contributed by atoms with Crippen LogP contribution in [0.3, 0.4) is 0 Å². The van der Waals surface area contributed by atoms with Gasteiger partial charge >= 0.3 is 5.97 Å². The highest BCUT2D eigenvalue weighted by molar-refractivity contribution is 7.89. The Morgan fingerprint density at radius 1 is 1.50 bits per heavy atom. The van der Waals surface area contributed by atoms with E-state index < -0.39 is 21.9 Å². The number of ether oxygens (including phenoxy) is 1. The first-order valence-corrected chi connectivity index (χ1v) is 6.65. The summed E-state index contributed by atoms with van der Waals surface area (Å²) in [7, 11) is -2.00. The van der Waals surface area contributed by atoms with Gasteiger partial charge in [0.15, 0.2) is 0 Å². The Morgan fingerprint density at radius 2 is 2.06 bits per heavy atom. The molecule has 96 valence electrons. The van der Waals surface area contributed by atoms with Crippen LogP contribution in [0.4, 0.5) is 0 Å². The minimum atomic E-state index is -3.42. The molecule has 0 saturated heterocycles. The maximum Gasteiger partial charge on any atom is 0.307 e. The van der Waals surface area contributed by atoms with Crippen LogP contribution in [0.25, 0.3) is 0 Å². The monoisotopic (exact) mass is 253 g/mol. The first kappa shape index (κ1) is 15.3. The summed E-state index contributed by atoms with van der Waals surface area (Å²) in [6.45, 7) is 3.54. The fraction of sp³-hybridized carbons (Fsp3) is 0.889. The van der Waals surface area contributed by atoms with Crippen molar-refractivity contribution in [1.82, 2.24) is 4.31 Å². The highest BCUT2D eigenvalue weighted by atomic mass is 32.2. The summed E-state index contributed by atoms with van der Waals surface area (Å²) in [6, 6.07) is 0. The second kappa shape index (κ2) is 6.82. The average molecular weight is 253 g/mol. The molecule has 0 aromatic rings. The van der Waals surface area contributed by atoms with Gasteiger partial charge in [-0.2, -0.15) is 0 Å². The molecule has 0 aliphatic carbocycles. The van der Waals surface area contributed by atoms with Crippen molar-refractivity contribution < 1.29 is 23.1 Å². The van der Waals surface area contributed by atoms with Crippen molar-refractivity contribution in [3.8, 4) is 0 Å². The maximum atomic E-state index is 11.7. The third kappa shape index (κ3) is 4.91. The lowest BCUT2D eigenvalue weighted by atomic mass is 10.2. The molecule has 0 bridgehead atoms. The number of hydrogen-bond acceptors (Lipinski definition) is 4. The first-order valence-electron chi connectivity index (χ1n) is 5.04. The molecular weight excluding hydrogens is 234 g/mol. The van der Waals surface area contributed by atoms with Crippen LogP contribution in [0, 0.1) is 5.92 Å². The Kier molecular flexibility index (Phi) is 6.54. The van der Waals surface area contributed by atoms with Gasteiger partial charge in [-0.1, -0.05) is 13.8 Å². The lowest BCUT2D eigenvalue weighted by Crippen LogP contribution is -2.38. The average Bonchev–Trinajstić information content (AvgIpc) is 2.22. The molecule has 0 heterocycles. The SMILES string of the molecule is CCN(CC(C)C(=O)O)S(=O)(=O)CCOC. The van der Waals surface area contributed by atoms with E-state index in [-0.39, 0.29) is 25.4 Å². The Labute approximate surface area is 96.2 Å². The van der Waals surface area contributed by atoms with Crippen LogP contribution < -0.4 is 0 Å². The molecule has 0 radical (unpaired) electrons. The molecule has 0 aromatic carbocycles. The summed E-state index contributed by atoms with van der Waals surface area (Å²) in [5.74, 6) is -1.83. The number of rotatable bonds is 8. The molecule has 0 fully saturated rings. The zero-order chi connectivity index (χ0) is 12.8. The van der Waals surface area contributed by atoms with Crippen molar-refractivity contribution in [3.05, 3.63) is 0 Å². The maximum absolute atomic E-state index is 11.7. The molecule has 7 heteroatoms. The number of nitrogens with zero attached hydrogens (tertiary/aromatic N) is 1. The van der Waals surface area contributed by atoms with Gasteiger partial charge in [-0.25, -0.2) is 12.7 Å². The molecular formula is C9H19NO5S. The predicted octanol–water partition coefficient (Wildman–Crippen LogP) is 0.00520. The van der Waals surface area contributed by atoms with Gasteiger partial charge in [-0.3, -0.25) is 4.79 Å².